The van der Waals surface area contributed by atoms with Crippen molar-refractivity contribution in [3.63, 3.8) is 0 Å². The number of aromatic amines is 1. The number of halogens is 3. The quantitative estimate of drug-likeness (QED) is 0.885. The summed E-state index contributed by atoms with van der Waals surface area (Å²) in [5.41, 5.74) is 7.08. The van der Waals surface area contributed by atoms with Crippen molar-refractivity contribution >= 4 is 0 Å². The van der Waals surface area contributed by atoms with E-state index < -0.39 is 11.7 Å². The van der Waals surface area contributed by atoms with Crippen molar-refractivity contribution in [3.8, 4) is 11.3 Å². The van der Waals surface area contributed by atoms with Crippen molar-refractivity contribution in [2.75, 3.05) is 6.54 Å². The second-order valence-electron chi connectivity index (χ2n) is 3.88. The third-order valence-corrected chi connectivity index (χ3v) is 2.63. The van der Waals surface area contributed by atoms with Crippen LogP contribution in [0, 0.1) is 0 Å². The van der Waals surface area contributed by atoms with Crippen LogP contribution in [-0.2, 0) is 12.6 Å². The largest absolute Gasteiger partial charge is 0.416 e. The molecule has 0 saturated heterocycles. The Balaban J connectivity index is 2.32. The van der Waals surface area contributed by atoms with Gasteiger partial charge in [-0.25, -0.2) is 0 Å². The third kappa shape index (κ3) is 2.53. The van der Waals surface area contributed by atoms with Gasteiger partial charge in [0, 0.05) is 0 Å². The van der Waals surface area contributed by atoms with Crippen LogP contribution >= 0.6 is 0 Å². The number of benzene rings is 1. The van der Waals surface area contributed by atoms with E-state index in [1.165, 1.54) is 12.1 Å². The number of aromatic nitrogens is 2. The minimum absolute atomic E-state index is 0.465. The fraction of sp³-hybridized carbons (Fsp3) is 0.250. The van der Waals surface area contributed by atoms with Crippen molar-refractivity contribution in [1.29, 1.82) is 0 Å². The Morgan fingerprint density at radius 2 is 1.83 bits per heavy atom. The normalized spacial score (nSPS) is 11.8. The molecule has 96 valence electrons. The highest BCUT2D eigenvalue weighted by Crippen LogP contribution is 2.31. The highest BCUT2D eigenvalue weighted by Gasteiger charge is 2.30. The number of nitrogens with zero attached hydrogens (tertiary/aromatic N) is 1. The van der Waals surface area contributed by atoms with Gasteiger partial charge in [0.2, 0.25) is 0 Å². The average molecular weight is 255 g/mol. The van der Waals surface area contributed by atoms with Crippen molar-refractivity contribution in [2.24, 2.45) is 5.73 Å². The fourth-order valence-corrected chi connectivity index (χ4v) is 1.73. The lowest BCUT2D eigenvalue weighted by atomic mass is 10.0. The molecule has 0 aliphatic carbocycles. The standard InChI is InChI=1S/C12H12F3N3/c13-12(14,15)10-3-1-8(2-4-10)11-9(5-6-16)7-17-18-11/h1-4,7H,5-6,16H2,(H,17,18). The van der Waals surface area contributed by atoms with E-state index >= 15 is 0 Å². The number of alkyl halides is 3. The van der Waals surface area contributed by atoms with E-state index in [2.05, 4.69) is 10.2 Å². The van der Waals surface area contributed by atoms with Crippen molar-refractivity contribution in [1.82, 2.24) is 10.2 Å². The SMILES string of the molecule is NCCc1cn[nH]c1-c1ccc(C(F)(F)F)cc1. The number of hydrogen-bond acceptors (Lipinski definition) is 2. The summed E-state index contributed by atoms with van der Waals surface area (Å²) in [5.74, 6) is 0. The van der Waals surface area contributed by atoms with Gasteiger partial charge in [0.1, 0.15) is 0 Å². The van der Waals surface area contributed by atoms with E-state index in [9.17, 15) is 13.2 Å². The zero-order valence-electron chi connectivity index (χ0n) is 9.46. The van der Waals surface area contributed by atoms with Gasteiger partial charge in [0.15, 0.2) is 0 Å². The van der Waals surface area contributed by atoms with E-state index in [1.54, 1.807) is 6.20 Å². The summed E-state index contributed by atoms with van der Waals surface area (Å²) >= 11 is 0. The molecule has 0 atom stereocenters. The lowest BCUT2D eigenvalue weighted by Crippen LogP contribution is -2.04. The smallest absolute Gasteiger partial charge is 0.330 e. The first kappa shape index (κ1) is 12.6. The monoisotopic (exact) mass is 255 g/mol. The Morgan fingerprint density at radius 1 is 1.17 bits per heavy atom. The first-order valence-corrected chi connectivity index (χ1v) is 5.42. The van der Waals surface area contributed by atoms with Gasteiger partial charge >= 0.3 is 6.18 Å². The molecule has 6 heteroatoms. The van der Waals surface area contributed by atoms with Crippen LogP contribution < -0.4 is 5.73 Å². The summed E-state index contributed by atoms with van der Waals surface area (Å²) in [6.45, 7) is 0.465. The molecule has 1 aromatic heterocycles. The van der Waals surface area contributed by atoms with Crippen LogP contribution in [0.1, 0.15) is 11.1 Å². The molecule has 0 bridgehead atoms. The van der Waals surface area contributed by atoms with E-state index in [-0.39, 0.29) is 0 Å². The highest BCUT2D eigenvalue weighted by atomic mass is 19.4. The Labute approximate surface area is 102 Å². The summed E-state index contributed by atoms with van der Waals surface area (Å²) in [6, 6.07) is 4.97. The summed E-state index contributed by atoms with van der Waals surface area (Å²) in [6.07, 6.45) is -2.04. The molecule has 0 amide bonds. The maximum absolute atomic E-state index is 12.4. The molecule has 0 saturated carbocycles. The Hall–Kier alpha value is -1.82. The summed E-state index contributed by atoms with van der Waals surface area (Å²) in [5, 5.41) is 6.66. The molecule has 18 heavy (non-hydrogen) atoms. The van der Waals surface area contributed by atoms with Crippen LogP contribution in [0.2, 0.25) is 0 Å². The molecule has 0 aliphatic rings. The molecule has 0 unspecified atom stereocenters. The summed E-state index contributed by atoms with van der Waals surface area (Å²) in [4.78, 5) is 0. The molecular formula is C12H12F3N3. The molecule has 0 fully saturated rings. The molecule has 2 rings (SSSR count). The number of hydrogen-bond donors (Lipinski definition) is 2. The van der Waals surface area contributed by atoms with Crippen molar-refractivity contribution in [3.05, 3.63) is 41.6 Å². The molecule has 2 aromatic rings. The fourth-order valence-electron chi connectivity index (χ4n) is 1.73. The second kappa shape index (κ2) is 4.81. The van der Waals surface area contributed by atoms with Crippen LogP contribution in [0.5, 0.6) is 0 Å². The molecule has 0 aliphatic heterocycles. The summed E-state index contributed by atoms with van der Waals surface area (Å²) in [7, 11) is 0. The lowest BCUT2D eigenvalue weighted by Gasteiger charge is -2.07. The van der Waals surface area contributed by atoms with Gasteiger partial charge < -0.3 is 5.73 Å². The molecule has 1 heterocycles. The van der Waals surface area contributed by atoms with E-state index in [1.807, 2.05) is 0 Å². The minimum atomic E-state index is -4.31. The molecule has 0 radical (unpaired) electrons. The average Bonchev–Trinajstić information content (AvgIpc) is 2.77. The van der Waals surface area contributed by atoms with Crippen LogP contribution in [0.15, 0.2) is 30.5 Å². The number of nitrogens with one attached hydrogen (secondary N) is 1. The molecule has 3 nitrogen and oxygen atoms in total. The van der Waals surface area contributed by atoms with Gasteiger partial charge in [-0.1, -0.05) is 12.1 Å². The van der Waals surface area contributed by atoms with Crippen LogP contribution in [0.25, 0.3) is 11.3 Å². The van der Waals surface area contributed by atoms with Crippen molar-refractivity contribution in [2.45, 2.75) is 12.6 Å². The molecular weight excluding hydrogens is 243 g/mol. The lowest BCUT2D eigenvalue weighted by molar-refractivity contribution is -0.137. The van der Waals surface area contributed by atoms with Crippen LogP contribution in [-0.4, -0.2) is 16.7 Å². The first-order chi connectivity index (χ1) is 8.52. The predicted molar refractivity (Wildman–Crippen MR) is 61.8 cm³/mol. The van der Waals surface area contributed by atoms with Gasteiger partial charge in [0.25, 0.3) is 0 Å². The maximum Gasteiger partial charge on any atom is 0.416 e. The zero-order valence-corrected chi connectivity index (χ0v) is 9.46. The Kier molecular flexibility index (Phi) is 3.38. The van der Waals surface area contributed by atoms with E-state index in [0.717, 1.165) is 17.7 Å². The van der Waals surface area contributed by atoms with Crippen molar-refractivity contribution < 1.29 is 13.2 Å². The Morgan fingerprint density at radius 3 is 2.39 bits per heavy atom. The van der Waals surface area contributed by atoms with Gasteiger partial charge in [-0.2, -0.15) is 18.3 Å². The molecule has 3 N–H and O–H groups in total. The van der Waals surface area contributed by atoms with Gasteiger partial charge in [-0.05, 0) is 36.2 Å². The highest BCUT2D eigenvalue weighted by molar-refractivity contribution is 5.63. The molecule has 0 spiro atoms. The van der Waals surface area contributed by atoms with Crippen LogP contribution in [0.4, 0.5) is 13.2 Å². The van der Waals surface area contributed by atoms with Gasteiger partial charge in [0.05, 0.1) is 17.5 Å². The van der Waals surface area contributed by atoms with Gasteiger partial charge in [-0.3, -0.25) is 5.10 Å². The third-order valence-electron chi connectivity index (χ3n) is 2.63. The Bertz CT molecular complexity index is 514. The maximum atomic E-state index is 12.4. The minimum Gasteiger partial charge on any atom is -0.330 e. The van der Waals surface area contributed by atoms with Gasteiger partial charge in [-0.15, -0.1) is 0 Å². The second-order valence-corrected chi connectivity index (χ2v) is 3.88. The van der Waals surface area contributed by atoms with Crippen LogP contribution in [0.3, 0.4) is 0 Å². The summed E-state index contributed by atoms with van der Waals surface area (Å²) < 4.78 is 37.3. The first-order valence-electron chi connectivity index (χ1n) is 5.42. The zero-order chi connectivity index (χ0) is 13.2. The number of nitrogens with two attached hydrogens (primary N) is 1. The number of rotatable bonds is 3. The van der Waals surface area contributed by atoms with E-state index in [0.29, 0.717) is 24.2 Å². The van der Waals surface area contributed by atoms with E-state index in [4.69, 9.17) is 5.73 Å². The predicted octanol–water partition coefficient (Wildman–Crippen LogP) is 2.60. The topological polar surface area (TPSA) is 54.7 Å². The number of H-pyrrole nitrogens is 1. The molecule has 1 aromatic carbocycles.